The molecule has 1 rings (SSSR count). The second-order valence-electron chi connectivity index (χ2n) is 3.47. The van der Waals surface area contributed by atoms with Gasteiger partial charge in [0.2, 0.25) is 0 Å². The van der Waals surface area contributed by atoms with Gasteiger partial charge in [-0.25, -0.2) is 0 Å². The minimum atomic E-state index is 0.216. The molecule has 2 nitrogen and oxygen atoms in total. The van der Waals surface area contributed by atoms with Gasteiger partial charge in [0.25, 0.3) is 0 Å². The fourth-order valence-corrected chi connectivity index (χ4v) is 1.51. The Labute approximate surface area is 90.0 Å². The third-order valence-corrected chi connectivity index (χ3v) is 2.48. The molecule has 14 heavy (non-hydrogen) atoms. The number of halogens is 1. The third-order valence-electron chi connectivity index (χ3n) is 2.13. The van der Waals surface area contributed by atoms with E-state index >= 15 is 0 Å². The molecule has 78 valence electrons. The maximum Gasteiger partial charge on any atom is 0.120 e. The molecule has 1 aromatic carbocycles. The number of hydrogen-bond acceptors (Lipinski definition) is 2. The Kier molecular flexibility index (Phi) is 4.23. The highest BCUT2D eigenvalue weighted by Gasteiger charge is 2.03. The first-order valence-electron chi connectivity index (χ1n) is 4.71. The van der Waals surface area contributed by atoms with Crippen LogP contribution in [0.25, 0.3) is 0 Å². The minimum absolute atomic E-state index is 0.216. The predicted molar refractivity (Wildman–Crippen MR) is 60.0 cm³/mol. The van der Waals surface area contributed by atoms with Crippen molar-refractivity contribution in [3.05, 3.63) is 28.8 Å². The van der Waals surface area contributed by atoms with E-state index in [2.05, 4.69) is 0 Å². The lowest BCUT2D eigenvalue weighted by atomic mass is 10.1. The van der Waals surface area contributed by atoms with Crippen molar-refractivity contribution in [2.75, 3.05) is 7.11 Å². The summed E-state index contributed by atoms with van der Waals surface area (Å²) >= 11 is 6.07. The normalized spacial score (nSPS) is 12.6. The average Bonchev–Trinajstić information content (AvgIpc) is 2.15. The fourth-order valence-electron chi connectivity index (χ4n) is 1.24. The lowest BCUT2D eigenvalue weighted by Gasteiger charge is -2.08. The van der Waals surface area contributed by atoms with Gasteiger partial charge in [-0.05, 0) is 37.5 Å². The Hall–Kier alpha value is -0.730. The van der Waals surface area contributed by atoms with Gasteiger partial charge in [-0.2, -0.15) is 0 Å². The standard InChI is InChI=1S/C11H16ClNO/c1-8(13)3-4-9-5-6-10(14-2)7-11(9)12/h5-8H,3-4,13H2,1-2H3. The van der Waals surface area contributed by atoms with Crippen LogP contribution in [0.4, 0.5) is 0 Å². The monoisotopic (exact) mass is 213 g/mol. The second-order valence-corrected chi connectivity index (χ2v) is 3.88. The molecule has 0 aromatic heterocycles. The molecule has 1 unspecified atom stereocenters. The number of methoxy groups -OCH3 is 1. The summed E-state index contributed by atoms with van der Waals surface area (Å²) in [6.45, 7) is 2.00. The van der Waals surface area contributed by atoms with Crippen molar-refractivity contribution in [2.24, 2.45) is 5.73 Å². The average molecular weight is 214 g/mol. The van der Waals surface area contributed by atoms with E-state index in [1.807, 2.05) is 25.1 Å². The van der Waals surface area contributed by atoms with Crippen LogP contribution in [0.5, 0.6) is 5.75 Å². The van der Waals surface area contributed by atoms with Crippen LogP contribution in [0.15, 0.2) is 18.2 Å². The molecule has 2 N–H and O–H groups in total. The van der Waals surface area contributed by atoms with E-state index in [0.29, 0.717) is 0 Å². The van der Waals surface area contributed by atoms with Crippen LogP contribution in [0.1, 0.15) is 18.9 Å². The van der Waals surface area contributed by atoms with Crippen LogP contribution in [0, 0.1) is 0 Å². The summed E-state index contributed by atoms with van der Waals surface area (Å²) in [4.78, 5) is 0. The highest BCUT2D eigenvalue weighted by atomic mass is 35.5. The summed E-state index contributed by atoms with van der Waals surface area (Å²) in [6, 6.07) is 5.96. The number of rotatable bonds is 4. The maximum atomic E-state index is 6.07. The highest BCUT2D eigenvalue weighted by Crippen LogP contribution is 2.23. The summed E-state index contributed by atoms with van der Waals surface area (Å²) in [6.07, 6.45) is 1.87. The molecule has 1 atom stereocenters. The number of benzene rings is 1. The van der Waals surface area contributed by atoms with Crippen molar-refractivity contribution in [3.8, 4) is 5.75 Å². The maximum absolute atomic E-state index is 6.07. The summed E-state index contributed by atoms with van der Waals surface area (Å²) in [5.74, 6) is 0.791. The van der Waals surface area contributed by atoms with E-state index < -0.39 is 0 Å². The van der Waals surface area contributed by atoms with Gasteiger partial charge >= 0.3 is 0 Å². The highest BCUT2D eigenvalue weighted by molar-refractivity contribution is 6.31. The fraction of sp³-hybridized carbons (Fsp3) is 0.455. The Morgan fingerprint density at radius 3 is 2.71 bits per heavy atom. The Balaban J connectivity index is 2.69. The molecule has 0 spiro atoms. The van der Waals surface area contributed by atoms with Gasteiger partial charge < -0.3 is 10.5 Å². The zero-order valence-corrected chi connectivity index (χ0v) is 9.34. The second kappa shape index (κ2) is 5.23. The molecule has 0 fully saturated rings. The van der Waals surface area contributed by atoms with Crippen LogP contribution in [-0.4, -0.2) is 13.2 Å². The van der Waals surface area contributed by atoms with E-state index in [-0.39, 0.29) is 6.04 Å². The first-order valence-corrected chi connectivity index (χ1v) is 5.09. The Bertz CT molecular complexity index is 299. The van der Waals surface area contributed by atoms with Crippen LogP contribution in [0.2, 0.25) is 5.02 Å². The van der Waals surface area contributed by atoms with Gasteiger partial charge in [0.1, 0.15) is 5.75 Å². The lowest BCUT2D eigenvalue weighted by molar-refractivity contribution is 0.414. The van der Waals surface area contributed by atoms with Crippen molar-refractivity contribution >= 4 is 11.6 Å². The zero-order valence-electron chi connectivity index (χ0n) is 8.59. The van der Waals surface area contributed by atoms with Gasteiger partial charge in [-0.3, -0.25) is 0 Å². The van der Waals surface area contributed by atoms with Crippen molar-refractivity contribution in [1.29, 1.82) is 0 Å². The quantitative estimate of drug-likeness (QED) is 0.835. The van der Waals surface area contributed by atoms with Crippen molar-refractivity contribution < 1.29 is 4.74 Å². The minimum Gasteiger partial charge on any atom is -0.497 e. The van der Waals surface area contributed by atoms with Crippen molar-refractivity contribution in [1.82, 2.24) is 0 Å². The molecule has 1 aromatic rings. The molecular formula is C11H16ClNO. The third kappa shape index (κ3) is 3.20. The first kappa shape index (κ1) is 11.3. The summed E-state index contributed by atoms with van der Waals surface area (Å²) in [7, 11) is 1.63. The molecule has 0 amide bonds. The first-order chi connectivity index (χ1) is 6.63. The summed E-state index contributed by atoms with van der Waals surface area (Å²) in [5, 5.41) is 0.755. The van der Waals surface area contributed by atoms with Crippen LogP contribution >= 0.6 is 11.6 Å². The molecule has 0 radical (unpaired) electrons. The molecule has 0 bridgehead atoms. The lowest BCUT2D eigenvalue weighted by Crippen LogP contribution is -2.15. The van der Waals surface area contributed by atoms with Gasteiger partial charge in [-0.1, -0.05) is 17.7 Å². The van der Waals surface area contributed by atoms with E-state index in [1.165, 1.54) is 0 Å². The van der Waals surface area contributed by atoms with E-state index in [1.54, 1.807) is 7.11 Å². The number of nitrogens with two attached hydrogens (primary N) is 1. The smallest absolute Gasteiger partial charge is 0.120 e. The molecular weight excluding hydrogens is 198 g/mol. The number of hydrogen-bond donors (Lipinski definition) is 1. The Morgan fingerprint density at radius 1 is 1.50 bits per heavy atom. The number of aryl methyl sites for hydroxylation is 1. The van der Waals surface area contributed by atoms with E-state index in [0.717, 1.165) is 29.2 Å². The van der Waals surface area contributed by atoms with Gasteiger partial charge in [0.15, 0.2) is 0 Å². The largest absolute Gasteiger partial charge is 0.497 e. The summed E-state index contributed by atoms with van der Waals surface area (Å²) in [5.41, 5.74) is 6.81. The zero-order chi connectivity index (χ0) is 10.6. The molecule has 0 aliphatic carbocycles. The predicted octanol–water partition coefficient (Wildman–Crippen LogP) is 2.63. The van der Waals surface area contributed by atoms with Crippen LogP contribution < -0.4 is 10.5 Å². The van der Waals surface area contributed by atoms with Crippen molar-refractivity contribution in [2.45, 2.75) is 25.8 Å². The molecule has 0 aliphatic heterocycles. The summed E-state index contributed by atoms with van der Waals surface area (Å²) < 4.78 is 5.07. The van der Waals surface area contributed by atoms with Gasteiger partial charge in [-0.15, -0.1) is 0 Å². The van der Waals surface area contributed by atoms with Crippen LogP contribution in [0.3, 0.4) is 0 Å². The molecule has 3 heteroatoms. The Morgan fingerprint density at radius 2 is 2.21 bits per heavy atom. The van der Waals surface area contributed by atoms with Crippen molar-refractivity contribution in [3.63, 3.8) is 0 Å². The molecule has 0 saturated heterocycles. The van der Waals surface area contributed by atoms with E-state index in [9.17, 15) is 0 Å². The SMILES string of the molecule is COc1ccc(CCC(C)N)c(Cl)c1. The molecule has 0 aliphatic rings. The topological polar surface area (TPSA) is 35.2 Å². The molecule has 0 saturated carbocycles. The van der Waals surface area contributed by atoms with Gasteiger partial charge in [0, 0.05) is 11.1 Å². The number of ether oxygens (including phenoxy) is 1. The van der Waals surface area contributed by atoms with E-state index in [4.69, 9.17) is 22.1 Å². The molecule has 0 heterocycles. The van der Waals surface area contributed by atoms with Crippen LogP contribution in [-0.2, 0) is 6.42 Å². The van der Waals surface area contributed by atoms with Gasteiger partial charge in [0.05, 0.1) is 7.11 Å².